The smallest absolute Gasteiger partial charge is 0.225 e. The van der Waals surface area contributed by atoms with E-state index in [1.54, 1.807) is 0 Å². The molecule has 0 radical (unpaired) electrons. The van der Waals surface area contributed by atoms with Gasteiger partial charge in [0, 0.05) is 6.04 Å². The Bertz CT molecular complexity index is 669. The van der Waals surface area contributed by atoms with Crippen LogP contribution in [0.5, 0.6) is 0 Å². The molecule has 0 aromatic carbocycles. The highest BCUT2D eigenvalue weighted by molar-refractivity contribution is 6.36. The monoisotopic (exact) mass is 316 g/mol. The van der Waals surface area contributed by atoms with Crippen LogP contribution in [0.3, 0.4) is 0 Å². The molecule has 4 rings (SSSR count). The first-order valence-electron chi connectivity index (χ1n) is 6.40. The van der Waals surface area contributed by atoms with E-state index in [1.807, 2.05) is 4.57 Å². The van der Waals surface area contributed by atoms with E-state index in [1.165, 1.54) is 19.3 Å². The van der Waals surface area contributed by atoms with Crippen LogP contribution < -0.4 is 0 Å². The zero-order chi connectivity index (χ0) is 13.1. The quantitative estimate of drug-likeness (QED) is 0.451. The summed E-state index contributed by atoms with van der Waals surface area (Å²) < 4.78 is 2.00. The van der Waals surface area contributed by atoms with Gasteiger partial charge in [-0.15, -0.1) is 0 Å². The van der Waals surface area contributed by atoms with Gasteiger partial charge in [0.05, 0.1) is 0 Å². The number of imidazole rings is 1. The molecule has 0 spiro atoms. The number of aromatic nitrogens is 4. The van der Waals surface area contributed by atoms with Gasteiger partial charge < -0.3 is 0 Å². The second kappa shape index (κ2) is 4.21. The Morgan fingerprint density at radius 1 is 1.00 bits per heavy atom. The maximum atomic E-state index is 6.29. The van der Waals surface area contributed by atoms with Crippen molar-refractivity contribution in [3.8, 4) is 0 Å². The molecule has 2 aromatic heterocycles. The average molecular weight is 318 g/mol. The van der Waals surface area contributed by atoms with Crippen molar-refractivity contribution < 1.29 is 0 Å². The SMILES string of the molecule is Clc1nc(Cl)c2nc(Cl)n([C@@H]3C[C@H]4CC[C@@H]3C4)c2n1. The van der Waals surface area contributed by atoms with Crippen LogP contribution in [0.25, 0.3) is 11.2 Å². The van der Waals surface area contributed by atoms with Gasteiger partial charge in [-0.25, -0.2) is 9.97 Å². The molecule has 2 aromatic rings. The van der Waals surface area contributed by atoms with E-state index in [2.05, 4.69) is 15.0 Å². The summed E-state index contributed by atoms with van der Waals surface area (Å²) in [5.74, 6) is 1.49. The highest BCUT2D eigenvalue weighted by atomic mass is 35.5. The lowest BCUT2D eigenvalue weighted by Gasteiger charge is -2.23. The summed E-state index contributed by atoms with van der Waals surface area (Å²) in [6.45, 7) is 0. The van der Waals surface area contributed by atoms with Crippen molar-refractivity contribution in [3.63, 3.8) is 0 Å². The summed E-state index contributed by atoms with van der Waals surface area (Å²) in [6.07, 6.45) is 5.03. The van der Waals surface area contributed by atoms with E-state index in [9.17, 15) is 0 Å². The third kappa shape index (κ3) is 1.77. The largest absolute Gasteiger partial charge is 0.296 e. The van der Waals surface area contributed by atoms with E-state index in [0.717, 1.165) is 12.3 Å². The van der Waals surface area contributed by atoms with Gasteiger partial charge in [-0.3, -0.25) is 4.57 Å². The van der Waals surface area contributed by atoms with Crippen molar-refractivity contribution in [2.75, 3.05) is 0 Å². The molecule has 2 aliphatic carbocycles. The molecule has 100 valence electrons. The van der Waals surface area contributed by atoms with Crippen molar-refractivity contribution in [3.05, 3.63) is 15.7 Å². The Balaban J connectivity index is 1.92. The van der Waals surface area contributed by atoms with Crippen molar-refractivity contribution >= 4 is 46.0 Å². The second-order valence-electron chi connectivity index (χ2n) is 5.45. The molecular weight excluding hydrogens is 307 g/mol. The summed E-state index contributed by atoms with van der Waals surface area (Å²) in [5.41, 5.74) is 1.20. The number of hydrogen-bond acceptors (Lipinski definition) is 3. The number of rotatable bonds is 1. The van der Waals surface area contributed by atoms with Gasteiger partial charge >= 0.3 is 0 Å². The van der Waals surface area contributed by atoms with Gasteiger partial charge in [0.2, 0.25) is 10.6 Å². The van der Waals surface area contributed by atoms with Crippen LogP contribution >= 0.6 is 34.8 Å². The normalized spacial score (nSPS) is 29.5. The molecule has 0 N–H and O–H groups in total. The third-order valence-electron chi connectivity index (χ3n) is 4.46. The summed E-state index contributed by atoms with van der Waals surface area (Å²) in [4.78, 5) is 12.5. The Labute approximate surface area is 125 Å². The second-order valence-corrected chi connectivity index (χ2v) is 6.48. The first-order valence-corrected chi connectivity index (χ1v) is 7.53. The number of hydrogen-bond donors (Lipinski definition) is 0. The van der Waals surface area contributed by atoms with E-state index < -0.39 is 0 Å². The van der Waals surface area contributed by atoms with Crippen molar-refractivity contribution in [1.82, 2.24) is 19.5 Å². The van der Waals surface area contributed by atoms with Gasteiger partial charge in [-0.2, -0.15) is 4.98 Å². The molecule has 0 unspecified atom stereocenters. The number of halogens is 3. The average Bonchev–Trinajstić information content (AvgIpc) is 3.02. The molecule has 4 nitrogen and oxygen atoms in total. The third-order valence-corrected chi connectivity index (χ3v) is 5.16. The molecule has 3 atom stereocenters. The van der Waals surface area contributed by atoms with Crippen LogP contribution in [-0.4, -0.2) is 19.5 Å². The Morgan fingerprint density at radius 2 is 1.84 bits per heavy atom. The maximum Gasteiger partial charge on any atom is 0.225 e. The van der Waals surface area contributed by atoms with Crippen LogP contribution in [0.15, 0.2) is 0 Å². The van der Waals surface area contributed by atoms with Crippen molar-refractivity contribution in [1.29, 1.82) is 0 Å². The Morgan fingerprint density at radius 3 is 2.53 bits per heavy atom. The fourth-order valence-electron chi connectivity index (χ4n) is 3.71. The summed E-state index contributed by atoms with van der Waals surface area (Å²) in [5, 5.41) is 0.836. The molecular formula is C12H11Cl3N4. The minimum absolute atomic E-state index is 0.137. The lowest BCUT2D eigenvalue weighted by Crippen LogP contribution is -2.16. The zero-order valence-electron chi connectivity index (χ0n) is 9.98. The van der Waals surface area contributed by atoms with Gasteiger partial charge in [0.1, 0.15) is 5.52 Å². The minimum Gasteiger partial charge on any atom is -0.296 e. The minimum atomic E-state index is 0.137. The predicted molar refractivity (Wildman–Crippen MR) is 74.8 cm³/mol. The standard InChI is InChI=1S/C12H11Cl3N4/c13-9-8-10(18-11(14)17-9)19(12(15)16-8)7-4-5-1-2-6(7)3-5/h5-7H,1-4H2/t5-,6+,7+/m0/s1. The molecule has 7 heteroatoms. The Kier molecular flexibility index (Phi) is 2.70. The molecule has 0 aliphatic heterocycles. The zero-order valence-corrected chi connectivity index (χ0v) is 12.3. The fraction of sp³-hybridized carbons (Fsp3) is 0.583. The van der Waals surface area contributed by atoms with E-state index in [-0.39, 0.29) is 10.4 Å². The molecule has 0 saturated heterocycles. The van der Waals surface area contributed by atoms with Crippen LogP contribution in [0, 0.1) is 11.8 Å². The van der Waals surface area contributed by atoms with Crippen LogP contribution in [0.1, 0.15) is 31.7 Å². The van der Waals surface area contributed by atoms with Crippen LogP contribution in [0.2, 0.25) is 15.7 Å². The van der Waals surface area contributed by atoms with Gasteiger partial charge in [-0.05, 0) is 54.3 Å². The van der Waals surface area contributed by atoms with Crippen LogP contribution in [-0.2, 0) is 0 Å². The summed E-state index contributed by atoms with van der Waals surface area (Å²) in [7, 11) is 0. The van der Waals surface area contributed by atoms with Gasteiger partial charge in [0.15, 0.2) is 10.8 Å². The highest BCUT2D eigenvalue weighted by Gasteiger charge is 2.42. The first kappa shape index (κ1) is 12.2. The molecule has 2 saturated carbocycles. The number of nitrogens with zero attached hydrogens (tertiary/aromatic N) is 4. The summed E-state index contributed by atoms with van der Waals surface area (Å²) in [6, 6.07) is 0.373. The van der Waals surface area contributed by atoms with E-state index >= 15 is 0 Å². The van der Waals surface area contributed by atoms with Gasteiger partial charge in [0.25, 0.3) is 0 Å². The lowest BCUT2D eigenvalue weighted by molar-refractivity contribution is 0.335. The molecule has 2 heterocycles. The molecule has 2 aliphatic rings. The molecule has 0 amide bonds. The van der Waals surface area contributed by atoms with E-state index in [0.29, 0.717) is 28.4 Å². The fourth-order valence-corrected chi connectivity index (χ4v) is 4.42. The number of fused-ring (bicyclic) bond motifs is 3. The lowest BCUT2D eigenvalue weighted by atomic mass is 9.95. The van der Waals surface area contributed by atoms with Gasteiger partial charge in [-0.1, -0.05) is 18.0 Å². The topological polar surface area (TPSA) is 43.6 Å². The molecule has 2 bridgehead atoms. The van der Waals surface area contributed by atoms with E-state index in [4.69, 9.17) is 34.8 Å². The first-order chi connectivity index (χ1) is 9.13. The summed E-state index contributed by atoms with van der Waals surface area (Å²) >= 11 is 18.3. The molecule has 19 heavy (non-hydrogen) atoms. The maximum absolute atomic E-state index is 6.29. The molecule has 2 fully saturated rings. The van der Waals surface area contributed by atoms with Crippen LogP contribution in [0.4, 0.5) is 0 Å². The Hall–Kier alpha value is -0.580. The predicted octanol–water partition coefficient (Wildman–Crippen LogP) is 4.15. The van der Waals surface area contributed by atoms with Crippen molar-refractivity contribution in [2.24, 2.45) is 11.8 Å². The highest BCUT2D eigenvalue weighted by Crippen LogP contribution is 2.52. The van der Waals surface area contributed by atoms with Crippen molar-refractivity contribution in [2.45, 2.75) is 31.7 Å².